The van der Waals surface area contributed by atoms with Gasteiger partial charge in [-0.05, 0) is 17.7 Å². The highest BCUT2D eigenvalue weighted by Crippen LogP contribution is 2.11. The molecule has 0 saturated carbocycles. The molecule has 0 atom stereocenters. The molecule has 0 bridgehead atoms. The van der Waals surface area contributed by atoms with E-state index in [4.69, 9.17) is 5.11 Å². The Balaban J connectivity index is 2.15. The quantitative estimate of drug-likeness (QED) is 0.619. The Bertz CT molecular complexity index is 585. The molecule has 17 heavy (non-hydrogen) atoms. The number of hydrogen-bond acceptors (Lipinski definition) is 3. The molecule has 1 aromatic carbocycles. The largest absolute Gasteiger partial charge is 0.392 e. The number of benzene rings is 1. The fraction of sp³-hybridized carbons (Fsp3) is 0.0909. The molecule has 0 aliphatic carbocycles. The molecular weight excluding hydrogens is 222 g/mol. The normalized spacial score (nSPS) is 10.2. The van der Waals surface area contributed by atoms with Crippen LogP contribution in [0.4, 0.5) is 5.69 Å². The zero-order valence-electron chi connectivity index (χ0n) is 8.86. The van der Waals surface area contributed by atoms with Crippen molar-refractivity contribution >= 4 is 11.6 Å². The molecule has 1 amide bonds. The fourth-order valence-electron chi connectivity index (χ4n) is 1.40. The number of H-pyrrole nitrogens is 2. The monoisotopic (exact) mass is 233 g/mol. The predicted octanol–water partition coefficient (Wildman–Crippen LogP) is 0.448. The van der Waals surface area contributed by atoms with Gasteiger partial charge < -0.3 is 20.4 Å². The predicted molar refractivity (Wildman–Crippen MR) is 61.7 cm³/mol. The lowest BCUT2D eigenvalue weighted by Gasteiger charge is -2.04. The van der Waals surface area contributed by atoms with Crippen LogP contribution < -0.4 is 11.0 Å². The van der Waals surface area contributed by atoms with Gasteiger partial charge in [0.2, 0.25) is 0 Å². The minimum absolute atomic E-state index is 0.0926. The Hall–Kier alpha value is -2.34. The van der Waals surface area contributed by atoms with Crippen LogP contribution in [0.1, 0.15) is 16.1 Å². The molecule has 6 nitrogen and oxygen atoms in total. The van der Waals surface area contributed by atoms with Gasteiger partial charge in [0.05, 0.1) is 6.61 Å². The third-order valence-electron chi connectivity index (χ3n) is 2.21. The van der Waals surface area contributed by atoms with E-state index in [1.165, 1.54) is 6.20 Å². The topological polar surface area (TPSA) is 98.0 Å². The third kappa shape index (κ3) is 2.61. The maximum Gasteiger partial charge on any atom is 0.323 e. The summed E-state index contributed by atoms with van der Waals surface area (Å²) in [5, 5.41) is 11.6. The van der Waals surface area contributed by atoms with Gasteiger partial charge in [-0.15, -0.1) is 0 Å². The summed E-state index contributed by atoms with van der Waals surface area (Å²) < 4.78 is 0. The lowest BCUT2D eigenvalue weighted by Crippen LogP contribution is -2.14. The number of aromatic nitrogens is 2. The maximum atomic E-state index is 11.7. The minimum atomic E-state index is -0.431. The number of nitrogens with one attached hydrogen (secondary N) is 3. The van der Waals surface area contributed by atoms with Gasteiger partial charge in [-0.3, -0.25) is 4.79 Å². The van der Waals surface area contributed by atoms with Gasteiger partial charge in [0.25, 0.3) is 5.91 Å². The molecule has 0 spiro atoms. The molecule has 0 aliphatic rings. The van der Waals surface area contributed by atoms with E-state index in [9.17, 15) is 9.59 Å². The number of anilines is 1. The van der Waals surface area contributed by atoms with Crippen LogP contribution in [0.5, 0.6) is 0 Å². The van der Waals surface area contributed by atoms with Crippen LogP contribution >= 0.6 is 0 Å². The fourth-order valence-corrected chi connectivity index (χ4v) is 1.40. The van der Waals surface area contributed by atoms with Crippen LogP contribution in [-0.4, -0.2) is 21.0 Å². The Labute approximate surface area is 96.3 Å². The summed E-state index contributed by atoms with van der Waals surface area (Å²) in [5.74, 6) is -0.418. The van der Waals surface area contributed by atoms with Gasteiger partial charge in [0.15, 0.2) is 0 Å². The van der Waals surface area contributed by atoms with E-state index in [0.29, 0.717) is 11.3 Å². The lowest BCUT2D eigenvalue weighted by molar-refractivity contribution is 0.102. The highest BCUT2D eigenvalue weighted by atomic mass is 16.3. The van der Waals surface area contributed by atoms with Gasteiger partial charge in [-0.1, -0.05) is 12.1 Å². The second-order valence-electron chi connectivity index (χ2n) is 3.47. The Morgan fingerprint density at radius 3 is 2.88 bits per heavy atom. The second-order valence-corrected chi connectivity index (χ2v) is 3.47. The van der Waals surface area contributed by atoms with E-state index in [-0.39, 0.29) is 12.3 Å². The van der Waals surface area contributed by atoms with Crippen LogP contribution in [0, 0.1) is 0 Å². The van der Waals surface area contributed by atoms with Crippen LogP contribution in [0.3, 0.4) is 0 Å². The average Bonchev–Trinajstić information content (AvgIpc) is 2.76. The molecule has 88 valence electrons. The van der Waals surface area contributed by atoms with Crippen molar-refractivity contribution in [2.75, 3.05) is 5.32 Å². The van der Waals surface area contributed by atoms with Crippen LogP contribution in [-0.2, 0) is 6.61 Å². The first-order valence-electron chi connectivity index (χ1n) is 4.98. The lowest BCUT2D eigenvalue weighted by atomic mass is 10.2. The molecule has 2 aromatic rings. The number of carbonyl (C=O) groups excluding carboxylic acids is 1. The summed E-state index contributed by atoms with van der Waals surface area (Å²) in [6.45, 7) is -0.0926. The van der Waals surface area contributed by atoms with E-state index in [1.54, 1.807) is 24.3 Å². The zero-order valence-corrected chi connectivity index (χ0v) is 8.86. The van der Waals surface area contributed by atoms with Gasteiger partial charge in [-0.25, -0.2) is 4.79 Å². The second kappa shape index (κ2) is 4.67. The van der Waals surface area contributed by atoms with Gasteiger partial charge >= 0.3 is 5.69 Å². The number of aliphatic hydroxyl groups is 1. The summed E-state index contributed by atoms with van der Waals surface area (Å²) >= 11 is 0. The standard InChI is InChI=1S/C11H11N3O3/c15-6-7-2-1-3-8(4-7)13-10(16)9-5-12-11(17)14-9/h1-5,15H,6H2,(H,13,16)(H2,12,14,17). The number of amides is 1. The number of rotatable bonds is 3. The van der Waals surface area contributed by atoms with Crippen molar-refractivity contribution in [1.29, 1.82) is 0 Å². The van der Waals surface area contributed by atoms with Crippen molar-refractivity contribution < 1.29 is 9.90 Å². The highest BCUT2D eigenvalue weighted by Gasteiger charge is 2.08. The number of aromatic amines is 2. The molecule has 2 rings (SSSR count). The summed E-state index contributed by atoms with van der Waals surface area (Å²) in [6, 6.07) is 6.82. The Morgan fingerprint density at radius 2 is 2.24 bits per heavy atom. The molecule has 0 radical (unpaired) electrons. The number of carbonyl (C=O) groups is 1. The van der Waals surface area contributed by atoms with Crippen molar-refractivity contribution in [1.82, 2.24) is 9.97 Å². The highest BCUT2D eigenvalue weighted by molar-refractivity contribution is 6.02. The Morgan fingerprint density at radius 1 is 1.41 bits per heavy atom. The van der Waals surface area contributed by atoms with E-state index >= 15 is 0 Å². The van der Waals surface area contributed by atoms with Gasteiger partial charge in [0.1, 0.15) is 5.69 Å². The van der Waals surface area contributed by atoms with Crippen LogP contribution in [0.15, 0.2) is 35.3 Å². The SMILES string of the molecule is O=C(Nc1cccc(CO)c1)c1c[nH]c(=O)[nH]1. The van der Waals surface area contributed by atoms with Gasteiger partial charge in [-0.2, -0.15) is 0 Å². The molecule has 0 unspecified atom stereocenters. The molecule has 1 aromatic heterocycles. The molecule has 1 heterocycles. The first kappa shape index (κ1) is 11.2. The van der Waals surface area contributed by atoms with Crippen molar-refractivity contribution in [3.8, 4) is 0 Å². The maximum absolute atomic E-state index is 11.7. The molecule has 0 aliphatic heterocycles. The van der Waals surface area contributed by atoms with Crippen molar-refractivity contribution in [3.05, 3.63) is 52.2 Å². The molecule has 6 heteroatoms. The number of hydrogen-bond donors (Lipinski definition) is 4. The number of aliphatic hydroxyl groups excluding tert-OH is 1. The van der Waals surface area contributed by atoms with E-state index in [1.807, 2.05) is 0 Å². The van der Waals surface area contributed by atoms with Crippen molar-refractivity contribution in [2.24, 2.45) is 0 Å². The van der Waals surface area contributed by atoms with E-state index in [2.05, 4.69) is 15.3 Å². The molecule has 4 N–H and O–H groups in total. The summed E-state index contributed by atoms with van der Waals surface area (Å²) in [7, 11) is 0. The van der Waals surface area contributed by atoms with Crippen molar-refractivity contribution in [2.45, 2.75) is 6.61 Å². The first-order chi connectivity index (χ1) is 8.19. The third-order valence-corrected chi connectivity index (χ3v) is 2.21. The minimum Gasteiger partial charge on any atom is -0.392 e. The average molecular weight is 233 g/mol. The summed E-state index contributed by atoms with van der Waals surface area (Å²) in [4.78, 5) is 27.2. The molecule has 0 fully saturated rings. The zero-order chi connectivity index (χ0) is 12.3. The van der Waals surface area contributed by atoms with E-state index < -0.39 is 11.6 Å². The van der Waals surface area contributed by atoms with Gasteiger partial charge in [0, 0.05) is 11.9 Å². The smallest absolute Gasteiger partial charge is 0.323 e. The van der Waals surface area contributed by atoms with Crippen molar-refractivity contribution in [3.63, 3.8) is 0 Å². The van der Waals surface area contributed by atoms with E-state index in [0.717, 1.165) is 0 Å². The molecular formula is C11H11N3O3. The molecule has 0 saturated heterocycles. The van der Waals surface area contributed by atoms with Crippen LogP contribution in [0.2, 0.25) is 0 Å². The van der Waals surface area contributed by atoms with Crippen LogP contribution in [0.25, 0.3) is 0 Å². The summed E-state index contributed by atoms with van der Waals surface area (Å²) in [5.41, 5.74) is 0.984. The Kier molecular flexibility index (Phi) is 3.06. The summed E-state index contributed by atoms with van der Waals surface area (Å²) in [6.07, 6.45) is 1.30. The number of imidazole rings is 1. The first-order valence-corrected chi connectivity index (χ1v) is 4.98.